The molecule has 0 saturated carbocycles. The van der Waals surface area contributed by atoms with E-state index in [2.05, 4.69) is 37.0 Å². The highest BCUT2D eigenvalue weighted by Crippen LogP contribution is 2.40. The van der Waals surface area contributed by atoms with Crippen LogP contribution >= 0.6 is 0 Å². The van der Waals surface area contributed by atoms with Crippen LogP contribution in [0, 0.1) is 0 Å². The van der Waals surface area contributed by atoms with Crippen molar-refractivity contribution in [3.8, 4) is 0 Å². The highest BCUT2D eigenvalue weighted by molar-refractivity contribution is 5.75. The summed E-state index contributed by atoms with van der Waals surface area (Å²) in [5, 5.41) is 1.16. The van der Waals surface area contributed by atoms with Gasteiger partial charge in [-0.05, 0) is 42.5 Å². The second-order valence-electron chi connectivity index (χ2n) is 7.23. The molecule has 1 spiro atoms. The van der Waals surface area contributed by atoms with Crippen LogP contribution in [0.5, 0.6) is 0 Å². The van der Waals surface area contributed by atoms with Gasteiger partial charge >= 0.3 is 0 Å². The zero-order valence-electron chi connectivity index (χ0n) is 14.6. The van der Waals surface area contributed by atoms with Crippen LogP contribution in [0.1, 0.15) is 29.7 Å². The zero-order valence-corrected chi connectivity index (χ0v) is 14.6. The van der Waals surface area contributed by atoms with Gasteiger partial charge in [-0.25, -0.2) is 15.0 Å². The fourth-order valence-corrected chi connectivity index (χ4v) is 4.21. The number of ether oxygens (including phenoxy) is 1. The van der Waals surface area contributed by atoms with E-state index in [4.69, 9.17) is 10.5 Å². The molecule has 5 heterocycles. The Kier molecular flexibility index (Phi) is 3.65. The number of rotatable bonds is 2. The van der Waals surface area contributed by atoms with E-state index in [0.717, 1.165) is 62.2 Å². The van der Waals surface area contributed by atoms with Crippen molar-refractivity contribution < 1.29 is 4.74 Å². The standard InChI is InChI=1S/C19H22N6O/c20-18-23-11-15-2-8-26-19(16(15)24-18)3-6-25(7-4-19)12-13-9-14-1-5-21-17(14)22-10-13/h1,5,9-11H,2-4,6-8,12H2,(H,21,22)(H2,20,23,24). The number of H-pyrrole nitrogens is 1. The van der Waals surface area contributed by atoms with Crippen LogP contribution in [-0.4, -0.2) is 44.5 Å². The zero-order chi connectivity index (χ0) is 17.6. The Morgan fingerprint density at radius 3 is 3.00 bits per heavy atom. The lowest BCUT2D eigenvalue weighted by atomic mass is 9.83. The van der Waals surface area contributed by atoms with Gasteiger partial charge in [-0.15, -0.1) is 0 Å². The van der Waals surface area contributed by atoms with Crippen LogP contribution in [0.15, 0.2) is 30.7 Å². The third-order valence-electron chi connectivity index (χ3n) is 5.59. The van der Waals surface area contributed by atoms with Crippen LogP contribution in [0.4, 0.5) is 5.95 Å². The van der Waals surface area contributed by atoms with Crippen molar-refractivity contribution in [1.82, 2.24) is 24.8 Å². The van der Waals surface area contributed by atoms with Gasteiger partial charge in [-0.2, -0.15) is 0 Å². The summed E-state index contributed by atoms with van der Waals surface area (Å²) in [5.74, 6) is 0.335. The van der Waals surface area contributed by atoms with Crippen LogP contribution in [0.3, 0.4) is 0 Å². The maximum atomic E-state index is 6.24. The number of hydrogen-bond acceptors (Lipinski definition) is 6. The summed E-state index contributed by atoms with van der Waals surface area (Å²) in [6.07, 6.45) is 8.48. The molecular weight excluding hydrogens is 328 g/mol. The van der Waals surface area contributed by atoms with Crippen molar-refractivity contribution >= 4 is 17.0 Å². The number of aromatic amines is 1. The van der Waals surface area contributed by atoms with Gasteiger partial charge in [0.1, 0.15) is 11.2 Å². The van der Waals surface area contributed by atoms with E-state index in [9.17, 15) is 0 Å². The quantitative estimate of drug-likeness (QED) is 0.734. The average Bonchev–Trinajstić information content (AvgIpc) is 3.12. The second-order valence-corrected chi connectivity index (χ2v) is 7.23. The second kappa shape index (κ2) is 6.03. The lowest BCUT2D eigenvalue weighted by molar-refractivity contribution is -0.102. The number of nitrogens with one attached hydrogen (secondary N) is 1. The van der Waals surface area contributed by atoms with E-state index in [0.29, 0.717) is 5.95 Å². The SMILES string of the molecule is Nc1ncc2c(n1)C1(CCN(Cc3cnc4[nH]ccc4c3)CC1)OCC2. The molecule has 0 atom stereocenters. The van der Waals surface area contributed by atoms with Gasteiger partial charge in [0.15, 0.2) is 0 Å². The Hall–Kier alpha value is -2.51. The normalized spacial score (nSPS) is 19.7. The molecule has 3 aromatic heterocycles. The molecule has 7 nitrogen and oxygen atoms in total. The lowest BCUT2D eigenvalue weighted by Crippen LogP contribution is -2.47. The monoisotopic (exact) mass is 350 g/mol. The summed E-state index contributed by atoms with van der Waals surface area (Å²) in [7, 11) is 0. The smallest absolute Gasteiger partial charge is 0.220 e. The molecule has 0 aliphatic carbocycles. The molecule has 0 amide bonds. The molecule has 3 N–H and O–H groups in total. The first-order chi connectivity index (χ1) is 12.7. The molecule has 2 aliphatic rings. The number of nitrogen functional groups attached to an aromatic ring is 1. The molecule has 1 fully saturated rings. The Morgan fingerprint density at radius 2 is 2.12 bits per heavy atom. The summed E-state index contributed by atoms with van der Waals surface area (Å²) in [6.45, 7) is 3.57. The number of hydrogen-bond donors (Lipinski definition) is 2. The fourth-order valence-electron chi connectivity index (χ4n) is 4.21. The van der Waals surface area contributed by atoms with E-state index in [-0.39, 0.29) is 5.60 Å². The predicted molar refractivity (Wildman–Crippen MR) is 98.4 cm³/mol. The molecular formula is C19H22N6O. The molecule has 3 aromatic rings. The minimum absolute atomic E-state index is 0.302. The first kappa shape index (κ1) is 15.7. The van der Waals surface area contributed by atoms with Gasteiger partial charge in [0.2, 0.25) is 5.95 Å². The van der Waals surface area contributed by atoms with Gasteiger partial charge in [0, 0.05) is 43.6 Å². The third kappa shape index (κ3) is 2.64. The number of nitrogens with zero attached hydrogens (tertiary/aromatic N) is 4. The summed E-state index contributed by atoms with van der Waals surface area (Å²) < 4.78 is 6.24. The molecule has 7 heteroatoms. The molecule has 134 valence electrons. The maximum absolute atomic E-state index is 6.24. The summed E-state index contributed by atoms with van der Waals surface area (Å²) >= 11 is 0. The number of piperidine rings is 1. The van der Waals surface area contributed by atoms with Crippen LogP contribution in [0.25, 0.3) is 11.0 Å². The van der Waals surface area contributed by atoms with Gasteiger partial charge < -0.3 is 15.5 Å². The van der Waals surface area contributed by atoms with Crippen molar-refractivity contribution in [3.63, 3.8) is 0 Å². The Balaban J connectivity index is 1.33. The number of fused-ring (bicyclic) bond motifs is 3. The van der Waals surface area contributed by atoms with Gasteiger partial charge in [-0.1, -0.05) is 0 Å². The molecule has 1 saturated heterocycles. The molecule has 0 aromatic carbocycles. The first-order valence-electron chi connectivity index (χ1n) is 9.12. The van der Waals surface area contributed by atoms with Crippen LogP contribution in [-0.2, 0) is 23.3 Å². The third-order valence-corrected chi connectivity index (χ3v) is 5.59. The maximum Gasteiger partial charge on any atom is 0.220 e. The summed E-state index contributed by atoms with van der Waals surface area (Å²) in [4.78, 5) is 18.8. The number of likely N-dealkylation sites (tertiary alicyclic amines) is 1. The fraction of sp³-hybridized carbons (Fsp3) is 0.421. The van der Waals surface area contributed by atoms with Crippen molar-refractivity contribution in [2.24, 2.45) is 0 Å². The van der Waals surface area contributed by atoms with E-state index in [1.165, 1.54) is 11.1 Å². The average molecular weight is 350 g/mol. The molecule has 5 rings (SSSR count). The number of anilines is 1. The van der Waals surface area contributed by atoms with E-state index < -0.39 is 0 Å². The van der Waals surface area contributed by atoms with E-state index in [1.54, 1.807) is 0 Å². The predicted octanol–water partition coefficient (Wildman–Crippen LogP) is 2.00. The van der Waals surface area contributed by atoms with Crippen LogP contribution in [0.2, 0.25) is 0 Å². The number of nitrogens with two attached hydrogens (primary N) is 1. The summed E-state index contributed by atoms with van der Waals surface area (Å²) in [5.41, 5.74) is 9.91. The van der Waals surface area contributed by atoms with Crippen LogP contribution < -0.4 is 5.73 Å². The molecule has 0 unspecified atom stereocenters. The van der Waals surface area contributed by atoms with Crippen molar-refractivity contribution in [3.05, 3.63) is 47.5 Å². The van der Waals surface area contributed by atoms with Gasteiger partial charge in [0.05, 0.1) is 12.3 Å². The lowest BCUT2D eigenvalue weighted by Gasteiger charge is -2.44. The van der Waals surface area contributed by atoms with E-state index in [1.807, 2.05) is 18.6 Å². The number of pyridine rings is 1. The minimum Gasteiger partial charge on any atom is -0.368 e. The molecule has 2 aliphatic heterocycles. The highest BCUT2D eigenvalue weighted by Gasteiger charge is 2.42. The Morgan fingerprint density at radius 1 is 1.23 bits per heavy atom. The van der Waals surface area contributed by atoms with Crippen molar-refractivity contribution in [2.45, 2.75) is 31.4 Å². The molecule has 0 bridgehead atoms. The minimum atomic E-state index is -0.302. The van der Waals surface area contributed by atoms with Crippen molar-refractivity contribution in [1.29, 1.82) is 0 Å². The molecule has 26 heavy (non-hydrogen) atoms. The first-order valence-corrected chi connectivity index (χ1v) is 9.12. The largest absolute Gasteiger partial charge is 0.368 e. The Labute approximate surface area is 151 Å². The van der Waals surface area contributed by atoms with Gasteiger partial charge in [0.25, 0.3) is 0 Å². The van der Waals surface area contributed by atoms with E-state index >= 15 is 0 Å². The molecule has 0 radical (unpaired) electrons. The Bertz CT molecular complexity index is 944. The van der Waals surface area contributed by atoms with Gasteiger partial charge in [-0.3, -0.25) is 4.90 Å². The summed E-state index contributed by atoms with van der Waals surface area (Å²) in [6, 6.07) is 4.28. The highest BCUT2D eigenvalue weighted by atomic mass is 16.5. The number of aromatic nitrogens is 4. The topological polar surface area (TPSA) is 93.0 Å². The van der Waals surface area contributed by atoms with Crippen molar-refractivity contribution in [2.75, 3.05) is 25.4 Å².